The molecule has 0 amide bonds. The number of halogens is 1. The summed E-state index contributed by atoms with van der Waals surface area (Å²) in [5.74, 6) is 0.606. The van der Waals surface area contributed by atoms with Gasteiger partial charge in [0.05, 0.1) is 0 Å². The third-order valence-electron chi connectivity index (χ3n) is 6.17. The number of fused-ring (bicyclic) bond motifs is 1. The summed E-state index contributed by atoms with van der Waals surface area (Å²) >= 11 is 0. The highest BCUT2D eigenvalue weighted by Crippen LogP contribution is 2.33. The van der Waals surface area contributed by atoms with Gasteiger partial charge in [-0.25, -0.2) is 4.39 Å². The van der Waals surface area contributed by atoms with Crippen LogP contribution >= 0.6 is 0 Å². The average Bonchev–Trinajstić information content (AvgIpc) is 3.12. The lowest BCUT2D eigenvalue weighted by atomic mass is 9.87. The number of nitrogens with one attached hydrogen (secondary N) is 2. The molecule has 2 aromatic rings. The summed E-state index contributed by atoms with van der Waals surface area (Å²) < 4.78 is 13.0. The van der Waals surface area contributed by atoms with Crippen molar-refractivity contribution in [3.63, 3.8) is 0 Å². The Morgan fingerprint density at radius 3 is 2.56 bits per heavy atom. The van der Waals surface area contributed by atoms with E-state index in [-0.39, 0.29) is 5.82 Å². The summed E-state index contributed by atoms with van der Waals surface area (Å²) in [4.78, 5) is 2.56. The smallest absolute Gasteiger partial charge is 0.123 e. The SMILES string of the molecule is CNCc1ccc2c(c1)NC(C1CCN(CCc3ccc(F)cc3)CC1)C2. The van der Waals surface area contributed by atoms with Gasteiger partial charge in [-0.15, -0.1) is 0 Å². The van der Waals surface area contributed by atoms with E-state index >= 15 is 0 Å². The molecule has 0 saturated carbocycles. The normalized spacial score (nSPS) is 20.4. The molecule has 0 radical (unpaired) electrons. The lowest BCUT2D eigenvalue weighted by Crippen LogP contribution is -2.40. The summed E-state index contributed by atoms with van der Waals surface area (Å²) in [6, 6.07) is 14.4. The molecule has 2 heterocycles. The Kier molecular flexibility index (Phi) is 5.74. The highest BCUT2D eigenvalue weighted by atomic mass is 19.1. The molecule has 0 aliphatic carbocycles. The molecular formula is C23H30FN3. The van der Waals surface area contributed by atoms with E-state index in [1.54, 1.807) is 12.1 Å². The zero-order valence-corrected chi connectivity index (χ0v) is 16.2. The van der Waals surface area contributed by atoms with Gasteiger partial charge in [0.2, 0.25) is 0 Å². The molecule has 2 aromatic carbocycles. The summed E-state index contributed by atoms with van der Waals surface area (Å²) in [6.45, 7) is 4.34. The van der Waals surface area contributed by atoms with Gasteiger partial charge in [0.25, 0.3) is 0 Å². The lowest BCUT2D eigenvalue weighted by molar-refractivity contribution is 0.175. The first kappa shape index (κ1) is 18.5. The van der Waals surface area contributed by atoms with Gasteiger partial charge in [0.1, 0.15) is 5.82 Å². The van der Waals surface area contributed by atoms with Crippen molar-refractivity contribution in [3.8, 4) is 0 Å². The summed E-state index contributed by atoms with van der Waals surface area (Å²) in [7, 11) is 1.99. The van der Waals surface area contributed by atoms with Crippen molar-refractivity contribution in [1.29, 1.82) is 0 Å². The maximum Gasteiger partial charge on any atom is 0.123 e. The second-order valence-corrected chi connectivity index (χ2v) is 8.03. The fraction of sp³-hybridized carbons (Fsp3) is 0.478. The van der Waals surface area contributed by atoms with Crippen LogP contribution in [0.1, 0.15) is 29.5 Å². The fourth-order valence-corrected chi connectivity index (χ4v) is 4.54. The van der Waals surface area contributed by atoms with Crippen LogP contribution < -0.4 is 10.6 Å². The van der Waals surface area contributed by atoms with Gasteiger partial charge in [-0.3, -0.25) is 0 Å². The molecule has 1 fully saturated rings. The van der Waals surface area contributed by atoms with Crippen LogP contribution in [0.4, 0.5) is 10.1 Å². The monoisotopic (exact) mass is 367 g/mol. The van der Waals surface area contributed by atoms with Crippen LogP contribution in [0, 0.1) is 11.7 Å². The minimum absolute atomic E-state index is 0.150. The molecule has 2 aliphatic heterocycles. The van der Waals surface area contributed by atoms with Crippen LogP contribution in [0.3, 0.4) is 0 Å². The zero-order valence-electron chi connectivity index (χ0n) is 16.2. The summed E-state index contributed by atoms with van der Waals surface area (Å²) in [5.41, 5.74) is 5.38. The van der Waals surface area contributed by atoms with E-state index in [0.29, 0.717) is 6.04 Å². The Morgan fingerprint density at radius 1 is 1.07 bits per heavy atom. The van der Waals surface area contributed by atoms with E-state index in [9.17, 15) is 4.39 Å². The molecule has 27 heavy (non-hydrogen) atoms. The number of rotatable bonds is 6. The van der Waals surface area contributed by atoms with Crippen LogP contribution in [0.25, 0.3) is 0 Å². The number of hydrogen-bond donors (Lipinski definition) is 2. The number of nitrogens with zero attached hydrogens (tertiary/aromatic N) is 1. The van der Waals surface area contributed by atoms with Crippen molar-refractivity contribution in [1.82, 2.24) is 10.2 Å². The van der Waals surface area contributed by atoms with Gasteiger partial charge in [-0.1, -0.05) is 24.3 Å². The van der Waals surface area contributed by atoms with E-state index in [1.165, 1.54) is 48.3 Å². The molecule has 1 atom stereocenters. The van der Waals surface area contributed by atoms with Gasteiger partial charge in [0, 0.05) is 24.8 Å². The Bertz CT molecular complexity index is 751. The van der Waals surface area contributed by atoms with Gasteiger partial charge in [-0.05, 0) is 86.6 Å². The van der Waals surface area contributed by atoms with Crippen molar-refractivity contribution in [2.24, 2.45) is 5.92 Å². The molecule has 4 heteroatoms. The van der Waals surface area contributed by atoms with Crippen molar-refractivity contribution >= 4 is 5.69 Å². The van der Waals surface area contributed by atoms with Gasteiger partial charge in [-0.2, -0.15) is 0 Å². The minimum Gasteiger partial charge on any atom is -0.381 e. The molecule has 2 aliphatic rings. The lowest BCUT2D eigenvalue weighted by Gasteiger charge is -2.35. The highest BCUT2D eigenvalue weighted by Gasteiger charge is 2.30. The molecule has 144 valence electrons. The van der Waals surface area contributed by atoms with E-state index in [2.05, 4.69) is 33.7 Å². The Labute approximate surface area is 162 Å². The second-order valence-electron chi connectivity index (χ2n) is 8.03. The van der Waals surface area contributed by atoms with E-state index in [1.807, 2.05) is 19.2 Å². The summed E-state index contributed by atoms with van der Waals surface area (Å²) in [5, 5.41) is 7.03. The van der Waals surface area contributed by atoms with Crippen molar-refractivity contribution in [3.05, 3.63) is 65.0 Å². The van der Waals surface area contributed by atoms with Gasteiger partial charge >= 0.3 is 0 Å². The largest absolute Gasteiger partial charge is 0.381 e. The molecule has 2 N–H and O–H groups in total. The van der Waals surface area contributed by atoms with Crippen LogP contribution in [0.2, 0.25) is 0 Å². The number of likely N-dealkylation sites (tertiary alicyclic amines) is 1. The molecular weight excluding hydrogens is 337 g/mol. The van der Waals surface area contributed by atoms with Crippen molar-refractivity contribution in [2.45, 2.75) is 38.3 Å². The molecule has 0 aromatic heterocycles. The van der Waals surface area contributed by atoms with Gasteiger partial charge < -0.3 is 15.5 Å². The first-order chi connectivity index (χ1) is 13.2. The molecule has 4 rings (SSSR count). The fourth-order valence-electron chi connectivity index (χ4n) is 4.54. The number of benzene rings is 2. The Morgan fingerprint density at radius 2 is 1.81 bits per heavy atom. The Balaban J connectivity index is 1.25. The maximum atomic E-state index is 13.0. The van der Waals surface area contributed by atoms with Crippen LogP contribution in [-0.2, 0) is 19.4 Å². The first-order valence-electron chi connectivity index (χ1n) is 10.2. The molecule has 3 nitrogen and oxygen atoms in total. The van der Waals surface area contributed by atoms with E-state index < -0.39 is 0 Å². The molecule has 0 spiro atoms. The van der Waals surface area contributed by atoms with Gasteiger partial charge in [0.15, 0.2) is 0 Å². The maximum absolute atomic E-state index is 13.0. The van der Waals surface area contributed by atoms with E-state index in [0.717, 1.165) is 31.8 Å². The minimum atomic E-state index is -0.150. The van der Waals surface area contributed by atoms with Crippen LogP contribution in [0.15, 0.2) is 42.5 Å². The van der Waals surface area contributed by atoms with Crippen LogP contribution in [-0.4, -0.2) is 37.6 Å². The van der Waals surface area contributed by atoms with Crippen molar-refractivity contribution < 1.29 is 4.39 Å². The standard InChI is InChI=1S/C23H30FN3/c1-25-16-18-2-5-20-15-23(26-22(20)14-18)19-9-12-27(13-10-19)11-8-17-3-6-21(24)7-4-17/h2-7,14,19,23,25-26H,8-13,15-16H2,1H3. The average molecular weight is 368 g/mol. The topological polar surface area (TPSA) is 27.3 Å². The predicted octanol–water partition coefficient (Wildman–Crippen LogP) is 3.84. The molecule has 0 bridgehead atoms. The number of piperidine rings is 1. The zero-order chi connectivity index (χ0) is 18.6. The second kappa shape index (κ2) is 8.41. The molecule has 1 unspecified atom stereocenters. The predicted molar refractivity (Wildman–Crippen MR) is 110 cm³/mol. The van der Waals surface area contributed by atoms with Crippen molar-refractivity contribution in [2.75, 3.05) is 32.0 Å². The number of anilines is 1. The third kappa shape index (κ3) is 4.50. The summed E-state index contributed by atoms with van der Waals surface area (Å²) in [6.07, 6.45) is 4.69. The Hall–Kier alpha value is -1.91. The third-order valence-corrected chi connectivity index (χ3v) is 6.17. The van der Waals surface area contributed by atoms with Crippen LogP contribution in [0.5, 0.6) is 0 Å². The highest BCUT2D eigenvalue weighted by molar-refractivity contribution is 5.58. The quantitative estimate of drug-likeness (QED) is 0.812. The first-order valence-corrected chi connectivity index (χ1v) is 10.2. The van der Waals surface area contributed by atoms with E-state index in [4.69, 9.17) is 0 Å². The molecule has 1 saturated heterocycles. The number of hydrogen-bond acceptors (Lipinski definition) is 3.